The molecule has 0 heterocycles. The van der Waals surface area contributed by atoms with Crippen molar-refractivity contribution >= 4 is 29.1 Å². The van der Waals surface area contributed by atoms with Gasteiger partial charge in [-0.05, 0) is 17.7 Å². The average Bonchev–Trinajstić information content (AvgIpc) is 2.62. The highest BCUT2D eigenvalue weighted by Crippen LogP contribution is 2.34. The van der Waals surface area contributed by atoms with Crippen molar-refractivity contribution in [3.8, 4) is 11.5 Å². The molecule has 2 aromatic rings. The number of benzene rings is 2. The molecule has 0 fully saturated rings. The number of hydrogen-bond donors (Lipinski definition) is 1. The minimum Gasteiger partial charge on any atom is -0.493 e. The van der Waals surface area contributed by atoms with E-state index in [0.29, 0.717) is 33.3 Å². The van der Waals surface area contributed by atoms with Crippen LogP contribution in [0.4, 0.5) is 5.69 Å². The maximum Gasteiger partial charge on any atom is 0.255 e. The Bertz CT molecular complexity index is 821. The van der Waals surface area contributed by atoms with Crippen molar-refractivity contribution in [1.29, 1.82) is 0 Å². The van der Waals surface area contributed by atoms with Crippen LogP contribution < -0.4 is 14.8 Å². The molecule has 0 aromatic heterocycles. The minimum atomic E-state index is -0.293. The number of nitrogens with one attached hydrogen (secondary N) is 1. The number of rotatable bonds is 6. The summed E-state index contributed by atoms with van der Waals surface area (Å²) in [7, 11) is 6.24. The molecule has 0 unspecified atom stereocenters. The maximum atomic E-state index is 12.5. The van der Waals surface area contributed by atoms with Gasteiger partial charge in [0.05, 0.1) is 31.9 Å². The number of ether oxygens (including phenoxy) is 2. The van der Waals surface area contributed by atoms with Gasteiger partial charge in [-0.3, -0.25) is 9.59 Å². The molecule has 7 heteroatoms. The SMILES string of the molecule is COc1cc(NC(=O)Cc2ccccc2Cl)c(C(=O)N(C)C)cc1OC. The Morgan fingerprint density at radius 2 is 1.69 bits per heavy atom. The van der Waals surface area contributed by atoms with Crippen LogP contribution in [0.3, 0.4) is 0 Å². The molecule has 6 nitrogen and oxygen atoms in total. The van der Waals surface area contributed by atoms with E-state index in [-0.39, 0.29) is 18.2 Å². The summed E-state index contributed by atoms with van der Waals surface area (Å²) in [5.74, 6) is 0.259. The largest absolute Gasteiger partial charge is 0.493 e. The zero-order chi connectivity index (χ0) is 19.3. The molecule has 0 atom stereocenters. The number of halogens is 1. The van der Waals surface area contributed by atoms with Gasteiger partial charge in [0.2, 0.25) is 5.91 Å². The highest BCUT2D eigenvalue weighted by Gasteiger charge is 2.20. The van der Waals surface area contributed by atoms with Gasteiger partial charge in [-0.25, -0.2) is 0 Å². The normalized spacial score (nSPS) is 10.2. The predicted molar refractivity (Wildman–Crippen MR) is 101 cm³/mol. The maximum absolute atomic E-state index is 12.5. The first-order chi connectivity index (χ1) is 12.4. The van der Waals surface area contributed by atoms with Crippen molar-refractivity contribution in [1.82, 2.24) is 4.90 Å². The van der Waals surface area contributed by atoms with Crippen LogP contribution in [0.2, 0.25) is 5.02 Å². The van der Waals surface area contributed by atoms with Crippen molar-refractivity contribution in [2.24, 2.45) is 0 Å². The van der Waals surface area contributed by atoms with Crippen molar-refractivity contribution in [3.05, 3.63) is 52.5 Å². The first-order valence-electron chi connectivity index (χ1n) is 7.88. The van der Waals surface area contributed by atoms with Crippen LogP contribution in [-0.4, -0.2) is 45.0 Å². The molecule has 0 saturated heterocycles. The third-order valence-corrected chi connectivity index (χ3v) is 4.11. The van der Waals surface area contributed by atoms with E-state index in [1.165, 1.54) is 19.1 Å². The van der Waals surface area contributed by atoms with Crippen molar-refractivity contribution < 1.29 is 19.1 Å². The average molecular weight is 377 g/mol. The van der Waals surface area contributed by atoms with Crippen LogP contribution in [0.5, 0.6) is 11.5 Å². The van der Waals surface area contributed by atoms with Crippen molar-refractivity contribution in [2.75, 3.05) is 33.6 Å². The number of amides is 2. The first-order valence-corrected chi connectivity index (χ1v) is 8.26. The first kappa shape index (κ1) is 19.6. The Morgan fingerprint density at radius 1 is 1.08 bits per heavy atom. The topological polar surface area (TPSA) is 67.9 Å². The Labute approximate surface area is 157 Å². The van der Waals surface area contributed by atoms with E-state index in [1.54, 1.807) is 44.4 Å². The highest BCUT2D eigenvalue weighted by atomic mass is 35.5. The molecule has 26 heavy (non-hydrogen) atoms. The van der Waals surface area contributed by atoms with Gasteiger partial charge in [-0.1, -0.05) is 29.8 Å². The zero-order valence-electron chi connectivity index (χ0n) is 15.1. The summed E-state index contributed by atoms with van der Waals surface area (Å²) in [4.78, 5) is 26.4. The lowest BCUT2D eigenvalue weighted by Gasteiger charge is -2.18. The third-order valence-electron chi connectivity index (χ3n) is 3.74. The fourth-order valence-electron chi connectivity index (χ4n) is 2.41. The molecule has 0 radical (unpaired) electrons. The van der Waals surface area contributed by atoms with Gasteiger partial charge in [0, 0.05) is 25.2 Å². The van der Waals surface area contributed by atoms with Crippen LogP contribution in [-0.2, 0) is 11.2 Å². The quantitative estimate of drug-likeness (QED) is 0.840. The fourth-order valence-corrected chi connectivity index (χ4v) is 2.61. The zero-order valence-corrected chi connectivity index (χ0v) is 15.9. The molecular formula is C19H21ClN2O4. The second-order valence-electron chi connectivity index (χ2n) is 5.77. The summed E-state index contributed by atoms with van der Waals surface area (Å²) in [6.07, 6.45) is 0.0869. The lowest BCUT2D eigenvalue weighted by molar-refractivity contribution is -0.115. The van der Waals surface area contributed by atoms with E-state index in [2.05, 4.69) is 5.32 Å². The van der Waals surface area contributed by atoms with E-state index >= 15 is 0 Å². The molecule has 1 N–H and O–H groups in total. The van der Waals surface area contributed by atoms with Gasteiger partial charge in [-0.2, -0.15) is 0 Å². The Kier molecular flexibility index (Phi) is 6.46. The smallest absolute Gasteiger partial charge is 0.255 e. The molecule has 0 aliphatic heterocycles. The number of nitrogens with zero attached hydrogens (tertiary/aromatic N) is 1. The van der Waals surface area contributed by atoms with E-state index in [4.69, 9.17) is 21.1 Å². The Hall–Kier alpha value is -2.73. The molecule has 138 valence electrons. The van der Waals surface area contributed by atoms with Crippen LogP contribution in [0.1, 0.15) is 15.9 Å². The van der Waals surface area contributed by atoms with E-state index in [9.17, 15) is 9.59 Å². The van der Waals surface area contributed by atoms with Gasteiger partial charge < -0.3 is 19.7 Å². The van der Waals surface area contributed by atoms with E-state index in [1.807, 2.05) is 6.07 Å². The van der Waals surface area contributed by atoms with E-state index in [0.717, 1.165) is 0 Å². The molecule has 0 saturated carbocycles. The van der Waals surface area contributed by atoms with Gasteiger partial charge >= 0.3 is 0 Å². The van der Waals surface area contributed by atoms with Crippen LogP contribution in [0.15, 0.2) is 36.4 Å². The highest BCUT2D eigenvalue weighted by molar-refractivity contribution is 6.31. The molecule has 2 amide bonds. The van der Waals surface area contributed by atoms with Gasteiger partial charge in [-0.15, -0.1) is 0 Å². The van der Waals surface area contributed by atoms with Crippen LogP contribution in [0.25, 0.3) is 0 Å². The number of hydrogen-bond acceptors (Lipinski definition) is 4. The van der Waals surface area contributed by atoms with Crippen LogP contribution in [0, 0.1) is 0 Å². The number of methoxy groups -OCH3 is 2. The molecule has 0 spiro atoms. The van der Waals surface area contributed by atoms with Crippen LogP contribution >= 0.6 is 11.6 Å². The second-order valence-corrected chi connectivity index (χ2v) is 6.18. The summed E-state index contributed by atoms with van der Waals surface area (Å²) < 4.78 is 10.5. The molecule has 0 aliphatic carbocycles. The lowest BCUT2D eigenvalue weighted by atomic mass is 10.1. The van der Waals surface area contributed by atoms with Crippen molar-refractivity contribution in [2.45, 2.75) is 6.42 Å². The molecule has 2 aromatic carbocycles. The van der Waals surface area contributed by atoms with Gasteiger partial charge in [0.15, 0.2) is 11.5 Å². The standard InChI is InChI=1S/C19H21ClN2O4/c1-22(2)19(24)13-10-16(25-3)17(26-4)11-15(13)21-18(23)9-12-7-5-6-8-14(12)20/h5-8,10-11H,9H2,1-4H3,(H,21,23). The molecule has 0 bridgehead atoms. The van der Waals surface area contributed by atoms with Gasteiger partial charge in [0.1, 0.15) is 0 Å². The van der Waals surface area contributed by atoms with Gasteiger partial charge in [0.25, 0.3) is 5.91 Å². The summed E-state index contributed by atoms with van der Waals surface area (Å²) in [5.41, 5.74) is 1.35. The molecular weight excluding hydrogens is 356 g/mol. The summed E-state index contributed by atoms with van der Waals surface area (Å²) >= 11 is 6.10. The molecule has 2 rings (SSSR count). The summed E-state index contributed by atoms with van der Waals surface area (Å²) in [5, 5.41) is 3.28. The minimum absolute atomic E-state index is 0.0869. The summed E-state index contributed by atoms with van der Waals surface area (Å²) in [6, 6.07) is 10.2. The van der Waals surface area contributed by atoms with E-state index < -0.39 is 0 Å². The molecule has 0 aliphatic rings. The lowest BCUT2D eigenvalue weighted by Crippen LogP contribution is -2.24. The Balaban J connectivity index is 2.35. The fraction of sp³-hybridized carbons (Fsp3) is 0.263. The van der Waals surface area contributed by atoms with Crippen molar-refractivity contribution in [3.63, 3.8) is 0 Å². The summed E-state index contributed by atoms with van der Waals surface area (Å²) in [6.45, 7) is 0. The number of carbonyl (C=O) groups excluding carboxylic acids is 2. The number of anilines is 1. The second kappa shape index (κ2) is 8.58. The predicted octanol–water partition coefficient (Wildman–Crippen LogP) is 3.24. The monoisotopic (exact) mass is 376 g/mol. The third kappa shape index (κ3) is 4.46. The Morgan fingerprint density at radius 3 is 2.27 bits per heavy atom. The number of carbonyl (C=O) groups is 2.